The second-order valence-corrected chi connectivity index (χ2v) is 9.36. The average Bonchev–Trinajstić information content (AvgIpc) is 2.94. The highest BCUT2D eigenvalue weighted by Gasteiger charge is 2.81. The molecule has 0 saturated heterocycles. The second kappa shape index (κ2) is 5.38. The number of rotatable bonds is 4. The summed E-state index contributed by atoms with van der Waals surface area (Å²) in [4.78, 5) is 38.4. The van der Waals surface area contributed by atoms with Crippen molar-refractivity contribution in [2.24, 2.45) is 28.6 Å². The van der Waals surface area contributed by atoms with Crippen molar-refractivity contribution in [3.8, 4) is 0 Å². The van der Waals surface area contributed by atoms with Gasteiger partial charge in [-0.1, -0.05) is 39.8 Å². The largest absolute Gasteiger partial charge is 0.511 e. The highest BCUT2D eigenvalue weighted by molar-refractivity contribution is 6.33. The molecule has 0 amide bonds. The van der Waals surface area contributed by atoms with Crippen molar-refractivity contribution >= 4 is 17.3 Å². The van der Waals surface area contributed by atoms with Gasteiger partial charge in [0.2, 0.25) is 5.78 Å². The van der Waals surface area contributed by atoms with Gasteiger partial charge in [0.05, 0.1) is 5.41 Å². The van der Waals surface area contributed by atoms with Crippen LogP contribution in [0.25, 0.3) is 0 Å². The van der Waals surface area contributed by atoms with Gasteiger partial charge in [-0.15, -0.1) is 0 Å². The standard InChI is InChI=1S/C21H28O5/c1-10(2)7-13(22)16-17(24)20-9-12(11(3)4)19(5,6)14(20)8-15(23)21(20,26)18(16)25/h10,12,14,24,26H,3,7-9H2,1-2,4-6H3/t12-,14?,20+,21+/m1/s1. The van der Waals surface area contributed by atoms with Gasteiger partial charge in [-0.3, -0.25) is 14.4 Å². The summed E-state index contributed by atoms with van der Waals surface area (Å²) in [5.74, 6) is -2.85. The molecule has 26 heavy (non-hydrogen) atoms. The maximum atomic E-state index is 13.0. The van der Waals surface area contributed by atoms with Crippen LogP contribution in [0.15, 0.2) is 23.5 Å². The number of carbonyl (C=O) groups is 3. The van der Waals surface area contributed by atoms with Crippen LogP contribution in [-0.4, -0.2) is 33.2 Å². The van der Waals surface area contributed by atoms with Crippen molar-refractivity contribution in [3.63, 3.8) is 0 Å². The average molecular weight is 360 g/mol. The molecule has 0 heterocycles. The number of aliphatic hydroxyl groups is 2. The van der Waals surface area contributed by atoms with E-state index in [0.29, 0.717) is 0 Å². The fourth-order valence-electron chi connectivity index (χ4n) is 5.84. The predicted octanol–water partition coefficient (Wildman–Crippen LogP) is 2.93. The Bertz CT molecular complexity index is 771. The molecule has 2 fully saturated rings. The second-order valence-electron chi connectivity index (χ2n) is 9.36. The van der Waals surface area contributed by atoms with Crippen LogP contribution in [0.2, 0.25) is 0 Å². The lowest BCUT2D eigenvalue weighted by Crippen LogP contribution is -2.52. The summed E-state index contributed by atoms with van der Waals surface area (Å²) in [6.07, 6.45) is 0.358. The van der Waals surface area contributed by atoms with Crippen molar-refractivity contribution < 1.29 is 24.6 Å². The minimum atomic E-state index is -2.33. The van der Waals surface area contributed by atoms with E-state index in [4.69, 9.17) is 0 Å². The summed E-state index contributed by atoms with van der Waals surface area (Å²) in [5, 5.41) is 22.4. The molecule has 0 aromatic carbocycles. The van der Waals surface area contributed by atoms with Gasteiger partial charge >= 0.3 is 0 Å². The van der Waals surface area contributed by atoms with E-state index in [1.165, 1.54) is 0 Å². The monoisotopic (exact) mass is 360 g/mol. The van der Waals surface area contributed by atoms with Crippen LogP contribution in [0.5, 0.6) is 0 Å². The number of hydrogen-bond donors (Lipinski definition) is 2. The van der Waals surface area contributed by atoms with Crippen LogP contribution in [0.4, 0.5) is 0 Å². The molecule has 0 aromatic rings. The highest BCUT2D eigenvalue weighted by Crippen LogP contribution is 2.73. The summed E-state index contributed by atoms with van der Waals surface area (Å²) >= 11 is 0. The number of aliphatic hydroxyl groups excluding tert-OH is 1. The van der Waals surface area contributed by atoms with Crippen LogP contribution in [0.1, 0.15) is 53.9 Å². The van der Waals surface area contributed by atoms with E-state index in [0.717, 1.165) is 5.57 Å². The number of Topliss-reactive ketones (excluding diaryl/α,β-unsaturated/α-hetero) is 3. The summed E-state index contributed by atoms with van der Waals surface area (Å²) in [5.41, 5.74) is -3.65. The van der Waals surface area contributed by atoms with E-state index in [2.05, 4.69) is 6.58 Å². The zero-order valence-electron chi connectivity index (χ0n) is 16.2. The molecule has 1 spiro atoms. The first-order valence-electron chi connectivity index (χ1n) is 9.26. The fraction of sp³-hybridized carbons (Fsp3) is 0.667. The Hall–Kier alpha value is -1.75. The van der Waals surface area contributed by atoms with E-state index in [1.54, 1.807) is 0 Å². The zero-order valence-corrected chi connectivity index (χ0v) is 16.2. The lowest BCUT2D eigenvalue weighted by molar-refractivity contribution is -0.153. The van der Waals surface area contributed by atoms with E-state index in [1.807, 2.05) is 34.6 Å². The zero-order chi connectivity index (χ0) is 19.8. The highest BCUT2D eigenvalue weighted by atomic mass is 16.3. The molecular formula is C21H28O5. The quantitative estimate of drug-likeness (QED) is 0.457. The van der Waals surface area contributed by atoms with Gasteiger partial charge in [-0.2, -0.15) is 0 Å². The van der Waals surface area contributed by atoms with Gasteiger partial charge in [0.25, 0.3) is 0 Å². The summed E-state index contributed by atoms with van der Waals surface area (Å²) in [6.45, 7) is 13.6. The molecule has 2 saturated carbocycles. The van der Waals surface area contributed by atoms with E-state index < -0.39 is 39.7 Å². The predicted molar refractivity (Wildman–Crippen MR) is 96.3 cm³/mol. The molecule has 3 rings (SSSR count). The Labute approximate surface area is 154 Å². The molecule has 0 aromatic heterocycles. The number of carbonyl (C=O) groups excluding carboxylic acids is 3. The first-order valence-corrected chi connectivity index (χ1v) is 9.26. The maximum Gasteiger partial charge on any atom is 0.210 e. The number of allylic oxidation sites excluding steroid dienone is 1. The Morgan fingerprint density at radius 2 is 1.88 bits per heavy atom. The molecule has 3 aliphatic carbocycles. The molecule has 142 valence electrons. The van der Waals surface area contributed by atoms with Crippen molar-refractivity contribution in [1.29, 1.82) is 0 Å². The molecule has 0 radical (unpaired) electrons. The Kier molecular flexibility index (Phi) is 3.94. The third kappa shape index (κ3) is 1.92. The Morgan fingerprint density at radius 1 is 1.31 bits per heavy atom. The lowest BCUT2D eigenvalue weighted by atomic mass is 9.67. The van der Waals surface area contributed by atoms with Crippen molar-refractivity contribution in [2.45, 2.75) is 59.5 Å². The van der Waals surface area contributed by atoms with Gasteiger partial charge in [0, 0.05) is 12.8 Å². The molecule has 3 aliphatic rings. The van der Waals surface area contributed by atoms with E-state index >= 15 is 0 Å². The van der Waals surface area contributed by atoms with E-state index in [-0.39, 0.29) is 42.4 Å². The molecular weight excluding hydrogens is 332 g/mol. The van der Waals surface area contributed by atoms with Gasteiger partial charge in [0.1, 0.15) is 11.3 Å². The number of hydrogen-bond acceptors (Lipinski definition) is 5. The summed E-state index contributed by atoms with van der Waals surface area (Å²) < 4.78 is 0. The SMILES string of the molecule is C=C(C)[C@H]1C[C@]23C(O)=C(C(=O)CC(C)C)C(=O)[C@@]2(O)C(=O)CC3C1(C)C. The maximum absolute atomic E-state index is 13.0. The molecule has 4 atom stereocenters. The van der Waals surface area contributed by atoms with Gasteiger partial charge in [0.15, 0.2) is 17.2 Å². The third-order valence-electron chi connectivity index (χ3n) is 7.04. The van der Waals surface area contributed by atoms with Gasteiger partial charge < -0.3 is 10.2 Å². The van der Waals surface area contributed by atoms with E-state index in [9.17, 15) is 24.6 Å². The first kappa shape index (κ1) is 19.0. The van der Waals surface area contributed by atoms with Gasteiger partial charge in [-0.05, 0) is 36.5 Å². The summed E-state index contributed by atoms with van der Waals surface area (Å²) in [7, 11) is 0. The molecule has 0 aliphatic heterocycles. The normalized spacial score (nSPS) is 38.1. The Balaban J connectivity index is 2.23. The molecule has 5 heteroatoms. The fourth-order valence-corrected chi connectivity index (χ4v) is 5.84. The molecule has 0 bridgehead atoms. The first-order chi connectivity index (χ1) is 11.8. The van der Waals surface area contributed by atoms with Crippen LogP contribution in [0.3, 0.4) is 0 Å². The minimum absolute atomic E-state index is 0.00197. The minimum Gasteiger partial charge on any atom is -0.511 e. The van der Waals surface area contributed by atoms with Crippen molar-refractivity contribution in [1.82, 2.24) is 0 Å². The third-order valence-corrected chi connectivity index (χ3v) is 7.04. The molecule has 5 nitrogen and oxygen atoms in total. The molecule has 2 N–H and O–H groups in total. The summed E-state index contributed by atoms with van der Waals surface area (Å²) in [6, 6.07) is 0. The van der Waals surface area contributed by atoms with Crippen molar-refractivity contribution in [2.75, 3.05) is 0 Å². The van der Waals surface area contributed by atoms with Crippen LogP contribution >= 0.6 is 0 Å². The van der Waals surface area contributed by atoms with Crippen LogP contribution < -0.4 is 0 Å². The van der Waals surface area contributed by atoms with Gasteiger partial charge in [-0.25, -0.2) is 0 Å². The van der Waals surface area contributed by atoms with Crippen molar-refractivity contribution in [3.05, 3.63) is 23.5 Å². The lowest BCUT2D eigenvalue weighted by Gasteiger charge is -2.36. The van der Waals surface area contributed by atoms with Crippen LogP contribution in [-0.2, 0) is 14.4 Å². The molecule has 1 unspecified atom stereocenters. The number of ketones is 3. The topological polar surface area (TPSA) is 91.7 Å². The smallest absolute Gasteiger partial charge is 0.210 e. The Morgan fingerprint density at radius 3 is 2.38 bits per heavy atom. The van der Waals surface area contributed by atoms with Crippen LogP contribution in [0, 0.1) is 28.6 Å².